The molecule has 1 N–H and O–H groups in total. The monoisotopic (exact) mass is 428 g/mol. The number of nitro groups is 1. The Morgan fingerprint density at radius 3 is 2.67 bits per heavy atom. The number of aromatic nitrogens is 1. The fourth-order valence-electron chi connectivity index (χ4n) is 3.73. The number of nitrogens with zero attached hydrogens (tertiary/aromatic N) is 3. The predicted molar refractivity (Wildman–Crippen MR) is 103 cm³/mol. The van der Waals surface area contributed by atoms with Crippen molar-refractivity contribution < 1.29 is 27.6 Å². The molecule has 0 saturated carbocycles. The second kappa shape index (κ2) is 7.77. The highest BCUT2D eigenvalue weighted by molar-refractivity contribution is 5.80. The number of halogens is 3. The molecule has 0 spiro atoms. The summed E-state index contributed by atoms with van der Waals surface area (Å²) in [4.78, 5) is 28.1. The van der Waals surface area contributed by atoms with Crippen LogP contribution in [0.2, 0.25) is 0 Å². The highest BCUT2D eigenvalue weighted by Crippen LogP contribution is 2.44. The number of carbonyl (C=O) groups excluding carboxylic acids is 1. The van der Waals surface area contributed by atoms with Gasteiger partial charge < -0.3 is 15.0 Å². The Labute approximate surface area is 171 Å². The molecule has 1 aliphatic carbocycles. The molecular weight excluding hydrogens is 405 g/mol. The molecule has 2 heterocycles. The second-order valence-corrected chi connectivity index (χ2v) is 8.32. The maximum absolute atomic E-state index is 13.7. The fourth-order valence-corrected chi connectivity index (χ4v) is 3.73. The number of hydrogen-bond acceptors (Lipinski definition) is 6. The van der Waals surface area contributed by atoms with Crippen molar-refractivity contribution in [2.45, 2.75) is 57.9 Å². The summed E-state index contributed by atoms with van der Waals surface area (Å²) in [5.74, 6) is 0. The van der Waals surface area contributed by atoms with E-state index in [0.29, 0.717) is 12.8 Å². The van der Waals surface area contributed by atoms with Gasteiger partial charge in [-0.3, -0.25) is 15.1 Å². The molecule has 1 aromatic heterocycles. The molecule has 0 aromatic carbocycles. The van der Waals surface area contributed by atoms with Crippen molar-refractivity contribution in [3.63, 3.8) is 0 Å². The van der Waals surface area contributed by atoms with E-state index in [1.54, 1.807) is 20.8 Å². The number of allylic oxidation sites excluding steroid dienone is 1. The summed E-state index contributed by atoms with van der Waals surface area (Å²) in [6, 6.07) is -0.456. The van der Waals surface area contributed by atoms with Gasteiger partial charge in [0.2, 0.25) is 0 Å². The van der Waals surface area contributed by atoms with Gasteiger partial charge in [0.1, 0.15) is 5.60 Å². The topological polar surface area (TPSA) is 97.6 Å². The van der Waals surface area contributed by atoms with Crippen molar-refractivity contribution >= 4 is 17.5 Å². The second-order valence-electron chi connectivity index (χ2n) is 8.32. The summed E-state index contributed by atoms with van der Waals surface area (Å²) in [6.07, 6.45) is -2.21. The molecule has 0 radical (unpaired) electrons. The molecule has 1 aliphatic heterocycles. The third-order valence-corrected chi connectivity index (χ3v) is 4.84. The lowest BCUT2D eigenvalue weighted by molar-refractivity contribution is -0.375. The Morgan fingerprint density at radius 1 is 1.37 bits per heavy atom. The number of rotatable bonds is 3. The third-order valence-electron chi connectivity index (χ3n) is 4.84. The number of hydrogen-bond donors (Lipinski definition) is 1. The summed E-state index contributed by atoms with van der Waals surface area (Å²) >= 11 is 0. The molecule has 0 unspecified atom stereocenters. The third kappa shape index (κ3) is 4.65. The first-order valence-corrected chi connectivity index (χ1v) is 9.55. The van der Waals surface area contributed by atoms with Crippen LogP contribution in [0.3, 0.4) is 0 Å². The number of nitrogens with one attached hydrogen (secondary N) is 1. The van der Waals surface area contributed by atoms with Crippen LogP contribution in [0, 0.1) is 10.1 Å². The summed E-state index contributed by atoms with van der Waals surface area (Å²) in [5, 5.41) is 14.1. The average molecular weight is 428 g/mol. The van der Waals surface area contributed by atoms with Gasteiger partial charge in [-0.1, -0.05) is 0 Å². The number of alkyl halides is 3. The summed E-state index contributed by atoms with van der Waals surface area (Å²) in [6.45, 7) is 5.48. The first-order valence-electron chi connectivity index (χ1n) is 9.55. The van der Waals surface area contributed by atoms with Crippen LogP contribution in [0.5, 0.6) is 0 Å². The highest BCUT2D eigenvalue weighted by atomic mass is 19.4. The smallest absolute Gasteiger partial charge is 0.419 e. The summed E-state index contributed by atoms with van der Waals surface area (Å²) < 4.78 is 46.5. The van der Waals surface area contributed by atoms with Crippen LogP contribution >= 0.6 is 0 Å². The largest absolute Gasteiger partial charge is 0.444 e. The molecule has 2 aliphatic rings. The normalized spacial score (nSPS) is 19.2. The fraction of sp³-hybridized carbons (Fsp3) is 0.579. The number of anilines is 1. The molecule has 11 heteroatoms. The van der Waals surface area contributed by atoms with Gasteiger partial charge in [0, 0.05) is 37.8 Å². The van der Waals surface area contributed by atoms with E-state index < -0.39 is 34.4 Å². The van der Waals surface area contributed by atoms with Crippen LogP contribution in [0.1, 0.15) is 50.4 Å². The van der Waals surface area contributed by atoms with E-state index >= 15 is 0 Å². The van der Waals surface area contributed by atoms with E-state index in [1.807, 2.05) is 0 Å². The van der Waals surface area contributed by atoms with E-state index in [-0.39, 0.29) is 42.2 Å². The number of ether oxygens (including phenoxy) is 1. The Balaban J connectivity index is 1.94. The number of alkyl carbamates (subject to hydrolysis) is 1. The molecule has 164 valence electrons. The van der Waals surface area contributed by atoms with Crippen molar-refractivity contribution in [2.75, 3.05) is 18.0 Å². The van der Waals surface area contributed by atoms with Crippen molar-refractivity contribution in [3.8, 4) is 0 Å². The van der Waals surface area contributed by atoms with Gasteiger partial charge in [-0.05, 0) is 33.6 Å². The Morgan fingerprint density at radius 2 is 2.07 bits per heavy atom. The molecule has 3 rings (SSSR count). The molecule has 8 nitrogen and oxygen atoms in total. The molecule has 1 atom stereocenters. The van der Waals surface area contributed by atoms with Crippen LogP contribution < -0.4 is 10.2 Å². The van der Waals surface area contributed by atoms with Crippen molar-refractivity contribution in [1.82, 2.24) is 10.3 Å². The van der Waals surface area contributed by atoms with E-state index in [2.05, 4.69) is 10.3 Å². The Kier molecular flexibility index (Phi) is 5.66. The van der Waals surface area contributed by atoms with Gasteiger partial charge in [0.15, 0.2) is 0 Å². The lowest BCUT2D eigenvalue weighted by Crippen LogP contribution is -2.49. The molecule has 1 fully saturated rings. The average Bonchev–Trinajstić information content (AvgIpc) is 3.03. The predicted octanol–water partition coefficient (Wildman–Crippen LogP) is 3.77. The van der Waals surface area contributed by atoms with E-state index in [0.717, 1.165) is 6.20 Å². The van der Waals surface area contributed by atoms with E-state index in [9.17, 15) is 28.1 Å². The molecule has 30 heavy (non-hydrogen) atoms. The van der Waals surface area contributed by atoms with E-state index in [4.69, 9.17) is 4.74 Å². The zero-order valence-corrected chi connectivity index (χ0v) is 16.9. The molecule has 1 saturated heterocycles. The molecule has 1 aromatic rings. The number of amides is 1. The zero-order chi connectivity index (χ0) is 22.3. The van der Waals surface area contributed by atoms with Crippen molar-refractivity contribution in [2.24, 2.45) is 0 Å². The van der Waals surface area contributed by atoms with Gasteiger partial charge in [-0.2, -0.15) is 13.2 Å². The minimum atomic E-state index is -4.73. The minimum absolute atomic E-state index is 0.0732. The lowest BCUT2D eigenvalue weighted by Gasteiger charge is -2.37. The van der Waals surface area contributed by atoms with Gasteiger partial charge in [-0.15, -0.1) is 0 Å². The van der Waals surface area contributed by atoms with E-state index in [1.165, 1.54) is 11.0 Å². The summed E-state index contributed by atoms with van der Waals surface area (Å²) in [7, 11) is 0. The van der Waals surface area contributed by atoms with Gasteiger partial charge in [0.25, 0.3) is 5.70 Å². The zero-order valence-electron chi connectivity index (χ0n) is 16.9. The quantitative estimate of drug-likeness (QED) is 0.582. The lowest BCUT2D eigenvalue weighted by atomic mass is 10.00. The maximum atomic E-state index is 13.7. The van der Waals surface area contributed by atoms with Crippen LogP contribution in [0.25, 0.3) is 5.70 Å². The standard InChI is InChI=1S/C19H23F3N4O4/c1-18(2,3)30-17(27)24-11-5-4-8-25(10-11)16-12(19(20,21)22)9-23-13-6-7-14(15(13)16)26(28)29/h7,9,11H,4-6,8,10H2,1-3H3,(H,24,27)/t11-/m1/s1. The van der Waals surface area contributed by atoms with Crippen molar-refractivity contribution in [1.29, 1.82) is 0 Å². The minimum Gasteiger partial charge on any atom is -0.444 e. The first kappa shape index (κ1) is 21.8. The van der Waals surface area contributed by atoms with Gasteiger partial charge >= 0.3 is 12.3 Å². The summed E-state index contributed by atoms with van der Waals surface area (Å²) in [5.41, 5.74) is -2.20. The molecule has 0 bridgehead atoms. The highest BCUT2D eigenvalue weighted by Gasteiger charge is 2.42. The number of pyridine rings is 1. The van der Waals surface area contributed by atoms with Crippen LogP contribution in [0.15, 0.2) is 12.3 Å². The number of carbonyl (C=O) groups is 1. The van der Waals surface area contributed by atoms with Crippen LogP contribution in [0.4, 0.5) is 23.7 Å². The molecular formula is C19H23F3N4O4. The van der Waals surface area contributed by atoms with Crippen LogP contribution in [-0.4, -0.2) is 40.7 Å². The maximum Gasteiger partial charge on any atom is 0.419 e. The SMILES string of the molecule is CC(C)(C)OC(=O)N[C@@H]1CCCN(c2c(C(F)(F)F)cnc3c2C([N+](=O)[O-])=CC3)C1. The van der Waals surface area contributed by atoms with Crippen LogP contribution in [-0.2, 0) is 17.3 Å². The Bertz CT molecular complexity index is 893. The number of fused-ring (bicyclic) bond motifs is 1. The number of piperidine rings is 1. The van der Waals surface area contributed by atoms with Crippen molar-refractivity contribution in [3.05, 3.63) is 39.2 Å². The van der Waals surface area contributed by atoms with Gasteiger partial charge in [-0.25, -0.2) is 4.79 Å². The molecule has 1 amide bonds. The first-order chi connectivity index (χ1) is 13.9. The Hall–Kier alpha value is -2.85. The van der Waals surface area contributed by atoms with Gasteiger partial charge in [0.05, 0.1) is 27.4 Å².